The number of alkyl halides is 3. The number of hydrogen-bond donors (Lipinski definition) is 3. The first-order valence-electron chi connectivity index (χ1n) is 12.6. The van der Waals surface area contributed by atoms with Crippen molar-refractivity contribution in [3.05, 3.63) is 82.7 Å². The average Bonchev–Trinajstić information content (AvgIpc) is 2.88. The molecule has 1 fully saturated rings. The molecule has 206 valence electrons. The zero-order valence-electron chi connectivity index (χ0n) is 21.4. The van der Waals surface area contributed by atoms with Crippen LogP contribution < -0.4 is 11.1 Å². The summed E-state index contributed by atoms with van der Waals surface area (Å²) in [7, 11) is 0. The molecule has 2 aromatic carbocycles. The normalized spacial score (nSPS) is 15.1. The zero-order valence-corrected chi connectivity index (χ0v) is 21.4. The van der Waals surface area contributed by atoms with E-state index in [1.165, 1.54) is 4.90 Å². The van der Waals surface area contributed by atoms with E-state index < -0.39 is 29.7 Å². The van der Waals surface area contributed by atoms with Crippen LogP contribution in [0.5, 0.6) is 0 Å². The fourth-order valence-corrected chi connectivity index (χ4v) is 5.11. The first-order valence-corrected chi connectivity index (χ1v) is 12.6. The number of rotatable bonds is 8. The maximum absolute atomic E-state index is 13.9. The van der Waals surface area contributed by atoms with Crippen molar-refractivity contribution < 1.29 is 27.9 Å². The lowest BCUT2D eigenvalue weighted by atomic mass is 9.87. The van der Waals surface area contributed by atoms with Gasteiger partial charge in [-0.25, -0.2) is 14.8 Å². The highest BCUT2D eigenvalue weighted by Gasteiger charge is 2.37. The summed E-state index contributed by atoms with van der Waals surface area (Å²) in [6, 6.07) is 14.5. The van der Waals surface area contributed by atoms with E-state index in [0.29, 0.717) is 31.6 Å². The molecule has 0 aliphatic carbocycles. The molecule has 8 nitrogen and oxygen atoms in total. The molecule has 1 atom stereocenters. The SMILES string of the molecule is Cc1cc(Nc2ncc(C(F)(F)F)c(C(CC(N)=O)Cc3ccccc3)n2)ccc1C1CCN(C(=O)O)CC1. The number of amides is 2. The summed E-state index contributed by atoms with van der Waals surface area (Å²) in [4.78, 5) is 32.6. The minimum atomic E-state index is -4.71. The van der Waals surface area contributed by atoms with E-state index in [2.05, 4.69) is 15.3 Å². The number of nitrogens with one attached hydrogen (secondary N) is 1. The Morgan fingerprint density at radius 3 is 2.44 bits per heavy atom. The molecule has 2 heterocycles. The summed E-state index contributed by atoms with van der Waals surface area (Å²) < 4.78 is 41.8. The van der Waals surface area contributed by atoms with Crippen LogP contribution in [0.25, 0.3) is 0 Å². The van der Waals surface area contributed by atoms with Crippen LogP contribution in [-0.4, -0.2) is 45.1 Å². The lowest BCUT2D eigenvalue weighted by Gasteiger charge is -2.31. The van der Waals surface area contributed by atoms with Crippen molar-refractivity contribution in [3.8, 4) is 0 Å². The molecule has 1 aliphatic heterocycles. The molecule has 39 heavy (non-hydrogen) atoms. The number of benzene rings is 2. The number of likely N-dealkylation sites (tertiary alicyclic amines) is 1. The Labute approximate surface area is 224 Å². The number of aryl methyl sites for hydroxylation is 1. The number of carbonyl (C=O) groups is 2. The van der Waals surface area contributed by atoms with E-state index in [4.69, 9.17) is 5.73 Å². The third-order valence-electron chi connectivity index (χ3n) is 7.01. The van der Waals surface area contributed by atoms with E-state index in [1.54, 1.807) is 36.4 Å². The number of nitrogens with zero attached hydrogens (tertiary/aromatic N) is 3. The highest BCUT2D eigenvalue weighted by Crippen LogP contribution is 2.37. The first-order chi connectivity index (χ1) is 18.5. The molecule has 0 saturated carbocycles. The number of carboxylic acid groups (broad SMARTS) is 1. The molecule has 0 bridgehead atoms. The first kappa shape index (κ1) is 27.9. The van der Waals surface area contributed by atoms with Crippen molar-refractivity contribution in [1.82, 2.24) is 14.9 Å². The van der Waals surface area contributed by atoms with Crippen LogP contribution in [-0.2, 0) is 17.4 Å². The summed E-state index contributed by atoms with van der Waals surface area (Å²) in [6.07, 6.45) is -3.61. The minimum absolute atomic E-state index is 0.0255. The van der Waals surface area contributed by atoms with E-state index in [9.17, 15) is 27.9 Å². The fraction of sp³-hybridized carbons (Fsp3) is 0.357. The Morgan fingerprint density at radius 2 is 1.85 bits per heavy atom. The van der Waals surface area contributed by atoms with Gasteiger partial charge in [-0.1, -0.05) is 36.4 Å². The number of hydrogen-bond acceptors (Lipinski definition) is 5. The summed E-state index contributed by atoms with van der Waals surface area (Å²) in [5.41, 5.74) is 7.53. The molecule has 4 N–H and O–H groups in total. The molecular formula is C28H30F3N5O3. The second kappa shape index (κ2) is 11.7. The number of piperidine rings is 1. The van der Waals surface area contributed by atoms with Gasteiger partial charge in [0.25, 0.3) is 0 Å². The third-order valence-corrected chi connectivity index (χ3v) is 7.01. The predicted octanol–water partition coefficient (Wildman–Crippen LogP) is 5.61. The van der Waals surface area contributed by atoms with Crippen LogP contribution in [0.4, 0.5) is 29.6 Å². The Morgan fingerprint density at radius 1 is 1.15 bits per heavy atom. The molecule has 3 aromatic rings. The maximum Gasteiger partial charge on any atom is 0.419 e. The molecule has 2 amide bonds. The van der Waals surface area contributed by atoms with Gasteiger partial charge in [-0.2, -0.15) is 13.2 Å². The quantitative estimate of drug-likeness (QED) is 0.341. The highest BCUT2D eigenvalue weighted by atomic mass is 19.4. The number of aromatic nitrogens is 2. The number of nitrogens with two attached hydrogens (primary N) is 1. The second-order valence-corrected chi connectivity index (χ2v) is 9.79. The lowest BCUT2D eigenvalue weighted by Crippen LogP contribution is -2.36. The van der Waals surface area contributed by atoms with E-state index in [1.807, 2.05) is 19.1 Å². The largest absolute Gasteiger partial charge is 0.465 e. The van der Waals surface area contributed by atoms with Gasteiger partial charge in [-0.3, -0.25) is 4.79 Å². The van der Waals surface area contributed by atoms with E-state index in [0.717, 1.165) is 22.9 Å². The second-order valence-electron chi connectivity index (χ2n) is 9.79. The molecule has 4 rings (SSSR count). The van der Waals surface area contributed by atoms with Crippen molar-refractivity contribution in [1.29, 1.82) is 0 Å². The number of carbonyl (C=O) groups excluding carboxylic acids is 1. The van der Waals surface area contributed by atoms with Crippen molar-refractivity contribution in [3.63, 3.8) is 0 Å². The Bertz CT molecular complexity index is 1330. The van der Waals surface area contributed by atoms with Gasteiger partial charge in [0.15, 0.2) is 0 Å². The minimum Gasteiger partial charge on any atom is -0.465 e. The number of halogens is 3. The van der Waals surface area contributed by atoms with Crippen LogP contribution in [0.3, 0.4) is 0 Å². The van der Waals surface area contributed by atoms with Gasteiger partial charge in [-0.05, 0) is 60.9 Å². The fourth-order valence-electron chi connectivity index (χ4n) is 5.11. The van der Waals surface area contributed by atoms with Crippen LogP contribution in [0, 0.1) is 6.92 Å². The molecule has 11 heteroatoms. The molecule has 1 saturated heterocycles. The van der Waals surface area contributed by atoms with E-state index in [-0.39, 0.29) is 30.4 Å². The maximum atomic E-state index is 13.9. The number of anilines is 2. The van der Waals surface area contributed by atoms with Crippen molar-refractivity contribution >= 4 is 23.6 Å². The van der Waals surface area contributed by atoms with Crippen molar-refractivity contribution in [2.75, 3.05) is 18.4 Å². The van der Waals surface area contributed by atoms with Gasteiger partial charge in [0.2, 0.25) is 11.9 Å². The van der Waals surface area contributed by atoms with Crippen molar-refractivity contribution in [2.45, 2.75) is 50.6 Å². The lowest BCUT2D eigenvalue weighted by molar-refractivity contribution is -0.139. The Kier molecular flexibility index (Phi) is 8.37. The van der Waals surface area contributed by atoms with Gasteiger partial charge >= 0.3 is 12.3 Å². The number of primary amides is 1. The standard InChI is InChI=1S/C28H30F3N5O3/c1-17-13-21(7-8-22(17)19-9-11-36(12-10-19)27(38)39)34-26-33-16-23(28(29,30)31)25(35-26)20(15-24(32)37)14-18-5-3-2-4-6-18/h2-8,13,16,19-20H,9-12,14-15H2,1H3,(H2,32,37)(H,38,39)(H,33,34,35). The van der Waals surface area contributed by atoms with Crippen LogP contribution >= 0.6 is 0 Å². The molecule has 0 radical (unpaired) electrons. The van der Waals surface area contributed by atoms with Crippen LogP contribution in [0.15, 0.2) is 54.7 Å². The summed E-state index contributed by atoms with van der Waals surface area (Å²) in [6.45, 7) is 2.87. The molecular weight excluding hydrogens is 511 g/mol. The van der Waals surface area contributed by atoms with Gasteiger partial charge < -0.3 is 21.1 Å². The average molecular weight is 542 g/mol. The van der Waals surface area contributed by atoms with Crippen LogP contribution in [0.2, 0.25) is 0 Å². The zero-order chi connectivity index (χ0) is 28.2. The van der Waals surface area contributed by atoms with Gasteiger partial charge in [0.1, 0.15) is 0 Å². The summed E-state index contributed by atoms with van der Waals surface area (Å²) in [5.74, 6) is -1.43. The molecule has 1 aromatic heterocycles. The third kappa shape index (κ3) is 7.04. The van der Waals surface area contributed by atoms with Crippen LogP contribution in [0.1, 0.15) is 59.0 Å². The predicted molar refractivity (Wildman–Crippen MR) is 140 cm³/mol. The Balaban J connectivity index is 1.60. The molecule has 1 aliphatic rings. The highest BCUT2D eigenvalue weighted by molar-refractivity contribution is 5.75. The Hall–Kier alpha value is -4.15. The summed E-state index contributed by atoms with van der Waals surface area (Å²) in [5, 5.41) is 12.2. The monoisotopic (exact) mass is 541 g/mol. The van der Waals surface area contributed by atoms with Gasteiger partial charge in [0.05, 0.1) is 11.3 Å². The van der Waals surface area contributed by atoms with Gasteiger partial charge in [-0.15, -0.1) is 0 Å². The van der Waals surface area contributed by atoms with Gasteiger partial charge in [0, 0.05) is 37.3 Å². The molecule has 0 spiro atoms. The summed E-state index contributed by atoms with van der Waals surface area (Å²) >= 11 is 0. The smallest absolute Gasteiger partial charge is 0.419 e. The topological polar surface area (TPSA) is 121 Å². The van der Waals surface area contributed by atoms with Crippen molar-refractivity contribution in [2.24, 2.45) is 5.73 Å². The molecule has 1 unspecified atom stereocenters. The van der Waals surface area contributed by atoms with E-state index >= 15 is 0 Å².